The van der Waals surface area contributed by atoms with Crippen molar-refractivity contribution in [3.05, 3.63) is 70.8 Å². The minimum Gasteiger partial charge on any atom is -0.806 e. The van der Waals surface area contributed by atoms with Gasteiger partial charge in [0.25, 0.3) is 11.3 Å². The van der Waals surface area contributed by atoms with Crippen LogP contribution < -0.4 is 44.2 Å². The molecule has 18 heteroatoms. The molecule has 0 unspecified atom stereocenters. The lowest BCUT2D eigenvalue weighted by atomic mass is 10.1. The Bertz CT molecular complexity index is 924. The van der Waals surface area contributed by atoms with Crippen molar-refractivity contribution in [1.82, 2.24) is 24.6 Å². The van der Waals surface area contributed by atoms with Crippen molar-refractivity contribution in [2.24, 2.45) is 0 Å². The molecule has 12 nitrogen and oxygen atoms in total. The number of quaternary nitrogens is 4. The van der Waals surface area contributed by atoms with Crippen LogP contribution >= 0.6 is 15.2 Å². The van der Waals surface area contributed by atoms with E-state index in [1.54, 1.807) is 0 Å². The summed E-state index contributed by atoms with van der Waals surface area (Å²) in [6, 6.07) is 7.96. The van der Waals surface area contributed by atoms with Crippen LogP contribution in [-0.4, -0.2) is 13.2 Å². The van der Waals surface area contributed by atoms with Crippen LogP contribution in [0.2, 0.25) is 0 Å². The monoisotopic (exact) mass is 570 g/mol. The summed E-state index contributed by atoms with van der Waals surface area (Å²) in [5.41, 5.74) is -10.1. The molecule has 0 aliphatic heterocycles. The van der Waals surface area contributed by atoms with Gasteiger partial charge in [0.1, 0.15) is 0 Å². The molecular weight excluding hydrogens is 538 g/mol. The van der Waals surface area contributed by atoms with Gasteiger partial charge in [-0.1, -0.05) is 48.5 Å². The molecule has 0 heterocycles. The predicted octanol–water partition coefficient (Wildman–Crippen LogP) is 2.85. The number of benzene rings is 2. The molecule has 0 radical (unpaired) electrons. The molecule has 36 heavy (non-hydrogen) atoms. The maximum atomic E-state index is 13.4. The van der Waals surface area contributed by atoms with E-state index < -0.39 is 37.6 Å². The summed E-state index contributed by atoms with van der Waals surface area (Å²) in [7, 11) is -12.3. The largest absolute Gasteiger partial charge is 0.806 e. The zero-order valence-corrected chi connectivity index (χ0v) is 21.9. The van der Waals surface area contributed by atoms with Crippen LogP contribution in [-0.2, 0) is 43.1 Å². The molecule has 2 rings (SSSR count). The van der Waals surface area contributed by atoms with E-state index in [0.29, 0.717) is 11.1 Å². The molecule has 0 aromatic heterocycles. The van der Waals surface area contributed by atoms with Gasteiger partial charge in [0.15, 0.2) is 0 Å². The predicted molar refractivity (Wildman–Crippen MR) is 119 cm³/mol. The Labute approximate surface area is 204 Å². The van der Waals surface area contributed by atoms with Crippen LogP contribution in [0.25, 0.3) is 0 Å². The third-order valence-corrected chi connectivity index (χ3v) is 6.09. The molecule has 210 valence electrons. The average Bonchev–Trinajstić information content (AvgIpc) is 2.69. The van der Waals surface area contributed by atoms with Crippen LogP contribution in [0.5, 0.6) is 0 Å². The summed E-state index contributed by atoms with van der Waals surface area (Å²) in [5.74, 6) is 0. The Morgan fingerprint density at radius 1 is 0.583 bits per heavy atom. The van der Waals surface area contributed by atoms with E-state index in [2.05, 4.69) is 0 Å². The van der Waals surface area contributed by atoms with Gasteiger partial charge >= 0.3 is 0 Å². The lowest BCUT2D eigenvalue weighted by Gasteiger charge is -2.37. The van der Waals surface area contributed by atoms with Gasteiger partial charge in [0.2, 0.25) is 0 Å². The number of ether oxygens (including phenoxy) is 2. The lowest BCUT2D eigenvalue weighted by Crippen LogP contribution is -2.29. The second-order valence-corrected chi connectivity index (χ2v) is 9.69. The minimum atomic E-state index is -6.14. The standard InChI is InChI=1S/C18H20F4O8P2.4H3N/c19-17(20,31(23,24)25)15-5-1-13(2-6-15)11-29-9-10-30-12-14-3-7-16(8-4-14)18(21,22)32(26,27)28;;;;/h1-8H,9-12H2,(H2,23,24,25)(H2,26,27,28);4*1H3. The quantitative estimate of drug-likeness (QED) is 0.176. The van der Waals surface area contributed by atoms with E-state index in [1.807, 2.05) is 0 Å². The van der Waals surface area contributed by atoms with Gasteiger partial charge in [-0.15, -0.1) is 0 Å². The van der Waals surface area contributed by atoms with Gasteiger partial charge in [-0.05, 0) is 11.1 Å². The van der Waals surface area contributed by atoms with E-state index >= 15 is 0 Å². The summed E-state index contributed by atoms with van der Waals surface area (Å²) >= 11 is 0. The smallest absolute Gasteiger partial charge is 0.296 e. The van der Waals surface area contributed by atoms with Crippen molar-refractivity contribution in [2.45, 2.75) is 24.5 Å². The zero-order chi connectivity index (χ0) is 24.2. The molecule has 0 atom stereocenters. The average molecular weight is 570 g/mol. The second-order valence-electron chi connectivity index (χ2n) is 6.58. The first kappa shape index (κ1) is 38.7. The first-order valence-corrected chi connectivity index (χ1v) is 11.9. The molecule has 0 saturated carbocycles. The fourth-order valence-corrected chi connectivity index (χ4v) is 3.35. The molecule has 0 amide bonds. The molecule has 0 aliphatic rings. The topological polar surface area (TPSA) is 291 Å². The number of hydrogen-bond acceptors (Lipinski definition) is 8. The summed E-state index contributed by atoms with van der Waals surface area (Å²) in [4.78, 5) is 42.5. The molecule has 2 aromatic rings. The molecule has 16 N–H and O–H groups in total. The van der Waals surface area contributed by atoms with Gasteiger partial charge in [-0.2, -0.15) is 17.6 Å². The molecule has 0 spiro atoms. The third-order valence-electron chi connectivity index (χ3n) is 4.20. The minimum absolute atomic E-state index is 0. The van der Waals surface area contributed by atoms with Crippen LogP contribution in [0, 0.1) is 0 Å². The van der Waals surface area contributed by atoms with Crippen molar-refractivity contribution in [1.29, 1.82) is 0 Å². The molecule has 2 aromatic carbocycles. The number of halogens is 4. The van der Waals surface area contributed by atoms with Crippen LogP contribution in [0.4, 0.5) is 17.6 Å². The normalized spacial score (nSPS) is 11.9. The number of hydrogen-bond donors (Lipinski definition) is 4. The van der Waals surface area contributed by atoms with Gasteiger partial charge in [-0.25, -0.2) is 0 Å². The van der Waals surface area contributed by atoms with E-state index in [-0.39, 0.29) is 51.0 Å². The Morgan fingerprint density at radius 3 is 1.06 bits per heavy atom. The highest BCUT2D eigenvalue weighted by molar-refractivity contribution is 7.50. The Kier molecular flexibility index (Phi) is 16.0. The van der Waals surface area contributed by atoms with Crippen molar-refractivity contribution in [2.75, 3.05) is 13.2 Å². The molecule has 0 aliphatic carbocycles. The van der Waals surface area contributed by atoms with E-state index in [0.717, 1.165) is 24.3 Å². The van der Waals surface area contributed by atoms with Crippen molar-refractivity contribution in [3.63, 3.8) is 0 Å². The van der Waals surface area contributed by atoms with Crippen molar-refractivity contribution < 1.29 is 55.7 Å². The summed E-state index contributed by atoms with van der Waals surface area (Å²) in [6.07, 6.45) is 0. The van der Waals surface area contributed by atoms with E-state index in [4.69, 9.17) is 9.47 Å². The van der Waals surface area contributed by atoms with Gasteiger partial charge < -0.3 is 62.8 Å². The summed E-state index contributed by atoms with van der Waals surface area (Å²) < 4.78 is 85.6. The van der Waals surface area contributed by atoms with E-state index in [1.165, 1.54) is 24.3 Å². The van der Waals surface area contributed by atoms with Crippen LogP contribution in [0.3, 0.4) is 0 Å². The first-order chi connectivity index (χ1) is 14.7. The fraction of sp³-hybridized carbons (Fsp3) is 0.333. The summed E-state index contributed by atoms with van der Waals surface area (Å²) in [6.45, 7) is 0.103. The van der Waals surface area contributed by atoms with Gasteiger partial charge in [0, 0.05) is 26.3 Å². The zero-order valence-electron chi connectivity index (χ0n) is 20.1. The number of rotatable bonds is 11. The third kappa shape index (κ3) is 9.59. The van der Waals surface area contributed by atoms with Crippen LogP contribution in [0.15, 0.2) is 48.5 Å². The second kappa shape index (κ2) is 14.8. The lowest BCUT2D eigenvalue weighted by molar-refractivity contribution is -0.336. The maximum absolute atomic E-state index is 13.4. The SMILES string of the molecule is O=P([O-])([O-])C(F)(F)c1ccc(COCCOCc2ccc(C(F)(F)P(=O)([O-])[O-])cc2)cc1.[NH4+].[NH4+].[NH4+].[NH4+]. The Hall–Kier alpha value is -1.78. The molecular formula is C18H32F4N4O8P2. The highest BCUT2D eigenvalue weighted by atomic mass is 31.2. The van der Waals surface area contributed by atoms with Crippen molar-refractivity contribution in [3.8, 4) is 0 Å². The van der Waals surface area contributed by atoms with Crippen molar-refractivity contribution >= 4 is 15.2 Å². The van der Waals surface area contributed by atoms with Gasteiger partial charge in [0.05, 0.1) is 26.4 Å². The fourth-order valence-electron chi connectivity index (χ4n) is 2.42. The highest BCUT2D eigenvalue weighted by Gasteiger charge is 2.36. The number of alkyl halides is 4. The Morgan fingerprint density at radius 2 is 0.833 bits per heavy atom. The molecule has 0 saturated heterocycles. The summed E-state index contributed by atoms with van der Waals surface area (Å²) in [5, 5.41) is 0. The maximum Gasteiger partial charge on any atom is 0.296 e. The van der Waals surface area contributed by atoms with E-state index in [9.17, 15) is 46.3 Å². The van der Waals surface area contributed by atoms with Crippen LogP contribution in [0.1, 0.15) is 22.3 Å². The molecule has 0 bridgehead atoms. The van der Waals surface area contributed by atoms with Gasteiger partial charge in [-0.3, -0.25) is 0 Å². The first-order valence-electron chi connectivity index (χ1n) is 8.80. The Balaban J connectivity index is -0.00000272. The molecule has 0 fully saturated rings. The highest BCUT2D eigenvalue weighted by Crippen LogP contribution is 2.53.